The van der Waals surface area contributed by atoms with E-state index >= 15 is 0 Å². The minimum Gasteiger partial charge on any atom is -0.371 e. The van der Waals surface area contributed by atoms with E-state index in [1.807, 2.05) is 24.3 Å². The molecule has 0 saturated heterocycles. The molecule has 0 aliphatic heterocycles. The molecule has 5 nitrogen and oxygen atoms in total. The van der Waals surface area contributed by atoms with Gasteiger partial charge in [-0.15, -0.1) is 11.3 Å². The summed E-state index contributed by atoms with van der Waals surface area (Å²) in [5.41, 5.74) is 1.87. The summed E-state index contributed by atoms with van der Waals surface area (Å²) in [5, 5.41) is 5.73. The highest BCUT2D eigenvalue weighted by atomic mass is 127. The van der Waals surface area contributed by atoms with Crippen LogP contribution in [-0.4, -0.2) is 13.4 Å². The molecule has 108 valence electrons. The first kappa shape index (κ1) is 14.7. The summed E-state index contributed by atoms with van der Waals surface area (Å²) in [6.45, 7) is 0. The average molecular weight is 432 g/mol. The lowest BCUT2D eigenvalue weighted by Gasteiger charge is -2.05. The van der Waals surface area contributed by atoms with Crippen molar-refractivity contribution in [3.63, 3.8) is 0 Å². The zero-order valence-corrected chi connectivity index (χ0v) is 14.3. The lowest BCUT2D eigenvalue weighted by Crippen LogP contribution is -2.18. The molecular formula is C13H9IN2O3S2. The van der Waals surface area contributed by atoms with Crippen molar-refractivity contribution in [1.82, 2.24) is 4.98 Å². The van der Waals surface area contributed by atoms with Crippen molar-refractivity contribution < 1.29 is 12.6 Å². The van der Waals surface area contributed by atoms with E-state index in [1.165, 1.54) is 0 Å². The predicted octanol–water partition coefficient (Wildman–Crippen LogP) is 3.15. The summed E-state index contributed by atoms with van der Waals surface area (Å²) >= 11 is 3.70. The SMILES string of the molecule is NS(=O)(=O)Oc1ccc(-c2nc3ccccc3s2)c(I)c1. The third-order valence-corrected chi connectivity index (χ3v) is 5.06. The fourth-order valence-electron chi connectivity index (χ4n) is 1.84. The third kappa shape index (κ3) is 3.34. The van der Waals surface area contributed by atoms with Crippen molar-refractivity contribution in [2.75, 3.05) is 0 Å². The molecule has 0 radical (unpaired) electrons. The second-order valence-corrected chi connectivity index (χ2v) is 7.55. The van der Waals surface area contributed by atoms with Gasteiger partial charge in [-0.1, -0.05) is 12.1 Å². The number of nitrogens with zero attached hydrogens (tertiary/aromatic N) is 1. The Hall–Kier alpha value is -1.23. The van der Waals surface area contributed by atoms with Crippen molar-refractivity contribution in [2.45, 2.75) is 0 Å². The highest BCUT2D eigenvalue weighted by Crippen LogP contribution is 2.34. The average Bonchev–Trinajstić information content (AvgIpc) is 2.80. The van der Waals surface area contributed by atoms with E-state index in [2.05, 4.69) is 31.8 Å². The number of hydrogen-bond donors (Lipinski definition) is 1. The van der Waals surface area contributed by atoms with E-state index in [0.717, 1.165) is 24.4 Å². The van der Waals surface area contributed by atoms with Crippen LogP contribution in [0.15, 0.2) is 42.5 Å². The quantitative estimate of drug-likeness (QED) is 0.645. The van der Waals surface area contributed by atoms with Gasteiger partial charge in [-0.3, -0.25) is 0 Å². The Morgan fingerprint density at radius 1 is 1.19 bits per heavy atom. The number of halogens is 1. The molecule has 0 unspecified atom stereocenters. The van der Waals surface area contributed by atoms with Gasteiger partial charge in [0, 0.05) is 9.13 Å². The molecule has 0 saturated carbocycles. The Kier molecular flexibility index (Phi) is 3.86. The summed E-state index contributed by atoms with van der Waals surface area (Å²) in [4.78, 5) is 4.58. The third-order valence-electron chi connectivity index (χ3n) is 2.68. The van der Waals surface area contributed by atoms with Crippen molar-refractivity contribution in [3.8, 4) is 16.3 Å². The Morgan fingerprint density at radius 3 is 2.62 bits per heavy atom. The molecular weight excluding hydrogens is 423 g/mol. The minimum absolute atomic E-state index is 0.187. The van der Waals surface area contributed by atoms with Crippen LogP contribution in [0, 0.1) is 3.57 Å². The van der Waals surface area contributed by atoms with Gasteiger partial charge in [0.25, 0.3) is 0 Å². The fraction of sp³-hybridized carbons (Fsp3) is 0. The molecule has 21 heavy (non-hydrogen) atoms. The van der Waals surface area contributed by atoms with Crippen LogP contribution in [-0.2, 0) is 10.3 Å². The molecule has 1 aromatic heterocycles. The van der Waals surface area contributed by atoms with Gasteiger partial charge in [0.2, 0.25) is 0 Å². The highest BCUT2D eigenvalue weighted by molar-refractivity contribution is 14.1. The second-order valence-electron chi connectivity index (χ2n) is 4.20. The zero-order chi connectivity index (χ0) is 15.0. The van der Waals surface area contributed by atoms with Gasteiger partial charge in [-0.05, 0) is 52.9 Å². The lowest BCUT2D eigenvalue weighted by molar-refractivity contribution is 0.487. The number of nitrogens with two attached hydrogens (primary N) is 1. The van der Waals surface area contributed by atoms with Crippen LogP contribution >= 0.6 is 33.9 Å². The monoisotopic (exact) mass is 432 g/mol. The fourth-order valence-corrected chi connectivity index (χ4v) is 4.14. The van der Waals surface area contributed by atoms with Gasteiger partial charge in [0.15, 0.2) is 0 Å². The van der Waals surface area contributed by atoms with Gasteiger partial charge in [0.05, 0.1) is 10.2 Å². The summed E-state index contributed by atoms with van der Waals surface area (Å²) in [6.07, 6.45) is 0. The van der Waals surface area contributed by atoms with E-state index in [-0.39, 0.29) is 5.75 Å². The zero-order valence-electron chi connectivity index (χ0n) is 10.5. The van der Waals surface area contributed by atoms with Gasteiger partial charge >= 0.3 is 10.3 Å². The molecule has 0 spiro atoms. The Labute approximate surface area is 139 Å². The number of thiazole rings is 1. The number of para-hydroxylation sites is 1. The summed E-state index contributed by atoms with van der Waals surface area (Å²) in [5.74, 6) is 0.187. The normalized spacial score (nSPS) is 11.7. The minimum atomic E-state index is -4.01. The molecule has 2 aromatic carbocycles. The van der Waals surface area contributed by atoms with E-state index < -0.39 is 10.3 Å². The molecule has 0 atom stereocenters. The standard InChI is InChI=1S/C13H9IN2O3S2/c14-10-7-8(19-21(15,17)18)5-6-9(10)13-16-11-3-1-2-4-12(11)20-13/h1-7H,(H2,15,17,18). The predicted molar refractivity (Wildman–Crippen MR) is 91.5 cm³/mol. The maximum Gasteiger partial charge on any atom is 0.380 e. The van der Waals surface area contributed by atoms with Crippen LogP contribution in [0.2, 0.25) is 0 Å². The topological polar surface area (TPSA) is 82.3 Å². The molecule has 0 fully saturated rings. The van der Waals surface area contributed by atoms with Crippen LogP contribution in [0.4, 0.5) is 0 Å². The number of aromatic nitrogens is 1. The first-order valence-corrected chi connectivity index (χ1v) is 9.17. The molecule has 2 N–H and O–H groups in total. The first-order valence-electron chi connectivity index (χ1n) is 5.80. The molecule has 0 aliphatic carbocycles. The second kappa shape index (κ2) is 5.52. The number of rotatable bonds is 3. The maximum atomic E-state index is 10.9. The summed E-state index contributed by atoms with van der Waals surface area (Å²) in [6, 6.07) is 12.8. The molecule has 0 aliphatic rings. The van der Waals surface area contributed by atoms with Gasteiger partial charge < -0.3 is 4.18 Å². The van der Waals surface area contributed by atoms with Gasteiger partial charge in [-0.25, -0.2) is 4.98 Å². The van der Waals surface area contributed by atoms with E-state index in [1.54, 1.807) is 29.5 Å². The molecule has 3 rings (SSSR count). The highest BCUT2D eigenvalue weighted by Gasteiger charge is 2.12. The molecule has 0 amide bonds. The smallest absolute Gasteiger partial charge is 0.371 e. The number of benzene rings is 2. The van der Waals surface area contributed by atoms with E-state index in [9.17, 15) is 8.42 Å². The lowest BCUT2D eigenvalue weighted by atomic mass is 10.2. The van der Waals surface area contributed by atoms with Crippen LogP contribution in [0.5, 0.6) is 5.75 Å². The maximum absolute atomic E-state index is 10.9. The van der Waals surface area contributed by atoms with Crippen LogP contribution in [0.1, 0.15) is 0 Å². The Morgan fingerprint density at radius 2 is 1.95 bits per heavy atom. The molecule has 1 heterocycles. The van der Waals surface area contributed by atoms with Crippen LogP contribution in [0.25, 0.3) is 20.8 Å². The first-order chi connectivity index (χ1) is 9.92. The summed E-state index contributed by atoms with van der Waals surface area (Å²) in [7, 11) is -4.01. The van der Waals surface area contributed by atoms with Crippen molar-refractivity contribution in [3.05, 3.63) is 46.0 Å². The summed E-state index contributed by atoms with van der Waals surface area (Å²) < 4.78 is 28.5. The largest absolute Gasteiger partial charge is 0.380 e. The number of hydrogen-bond acceptors (Lipinski definition) is 5. The molecule has 8 heteroatoms. The van der Waals surface area contributed by atoms with Crippen LogP contribution in [0.3, 0.4) is 0 Å². The van der Waals surface area contributed by atoms with Gasteiger partial charge in [0.1, 0.15) is 10.8 Å². The number of fused-ring (bicyclic) bond motifs is 1. The van der Waals surface area contributed by atoms with E-state index in [0.29, 0.717) is 0 Å². The van der Waals surface area contributed by atoms with Gasteiger partial charge in [-0.2, -0.15) is 13.6 Å². The molecule has 3 aromatic rings. The van der Waals surface area contributed by atoms with Crippen molar-refractivity contribution in [1.29, 1.82) is 0 Å². The van der Waals surface area contributed by atoms with Crippen molar-refractivity contribution in [2.24, 2.45) is 5.14 Å². The van der Waals surface area contributed by atoms with Crippen molar-refractivity contribution >= 4 is 54.4 Å². The Bertz CT molecular complexity index is 889. The molecule has 0 bridgehead atoms. The van der Waals surface area contributed by atoms with E-state index in [4.69, 9.17) is 5.14 Å². The Balaban J connectivity index is 2.02. The van der Waals surface area contributed by atoms with Crippen LogP contribution < -0.4 is 9.32 Å².